The van der Waals surface area contributed by atoms with Crippen LogP contribution < -0.4 is 4.90 Å². The van der Waals surface area contributed by atoms with E-state index in [1.54, 1.807) is 11.8 Å². The molecule has 0 N–H and O–H groups in total. The van der Waals surface area contributed by atoms with E-state index in [0.29, 0.717) is 0 Å². The van der Waals surface area contributed by atoms with Crippen LogP contribution in [-0.4, -0.2) is 53.8 Å². The molecule has 170 valence electrons. The number of ether oxygens (including phenoxy) is 2. The second-order valence-electron chi connectivity index (χ2n) is 9.75. The Kier molecular flexibility index (Phi) is 6.94. The molecule has 31 heavy (non-hydrogen) atoms. The van der Waals surface area contributed by atoms with Crippen molar-refractivity contribution < 1.29 is 9.47 Å². The van der Waals surface area contributed by atoms with Crippen LogP contribution in [0.5, 0.6) is 0 Å². The molecule has 1 unspecified atom stereocenters. The molecule has 0 saturated carbocycles. The molecule has 0 amide bonds. The van der Waals surface area contributed by atoms with Crippen LogP contribution in [0.1, 0.15) is 55.9 Å². The van der Waals surface area contributed by atoms with Crippen molar-refractivity contribution in [1.82, 2.24) is 14.8 Å². The minimum atomic E-state index is 0.162. The molecule has 0 aliphatic carbocycles. The van der Waals surface area contributed by atoms with E-state index in [0.717, 1.165) is 69.2 Å². The van der Waals surface area contributed by atoms with Crippen molar-refractivity contribution in [2.75, 3.05) is 37.8 Å². The molecule has 2 aromatic rings. The van der Waals surface area contributed by atoms with E-state index in [1.165, 1.54) is 22.3 Å². The molecule has 2 aliphatic heterocycles. The predicted molar refractivity (Wildman–Crippen MR) is 126 cm³/mol. The average Bonchev–Trinajstić information content (AvgIpc) is 3.38. The number of nitrogens with zero attached hydrogens (tertiary/aromatic N) is 4. The minimum Gasteiger partial charge on any atom is -0.378 e. The minimum absolute atomic E-state index is 0.162. The van der Waals surface area contributed by atoms with Gasteiger partial charge in [0, 0.05) is 25.4 Å². The van der Waals surface area contributed by atoms with Gasteiger partial charge >= 0.3 is 0 Å². The molecular formula is C24H36N4O2S. The quantitative estimate of drug-likeness (QED) is 0.612. The fraction of sp³-hybridized carbons (Fsp3) is 0.667. The van der Waals surface area contributed by atoms with E-state index in [1.807, 2.05) is 0 Å². The molecule has 1 aromatic carbocycles. The van der Waals surface area contributed by atoms with Crippen molar-refractivity contribution in [3.8, 4) is 0 Å². The summed E-state index contributed by atoms with van der Waals surface area (Å²) in [5.74, 6) is 1.85. The predicted octanol–water partition coefficient (Wildman–Crippen LogP) is 4.50. The third-order valence-electron chi connectivity index (χ3n) is 6.31. The molecule has 3 heterocycles. The maximum Gasteiger partial charge on any atom is 0.228 e. The molecule has 0 spiro atoms. The smallest absolute Gasteiger partial charge is 0.228 e. The number of rotatable bonds is 6. The largest absolute Gasteiger partial charge is 0.378 e. The van der Waals surface area contributed by atoms with Crippen molar-refractivity contribution in [2.45, 2.75) is 76.4 Å². The summed E-state index contributed by atoms with van der Waals surface area (Å²) in [6.45, 7) is 16.2. The van der Waals surface area contributed by atoms with Crippen LogP contribution in [0, 0.1) is 13.8 Å². The Bertz CT molecular complexity index is 870. The van der Waals surface area contributed by atoms with E-state index < -0.39 is 0 Å². The molecule has 6 nitrogen and oxygen atoms in total. The van der Waals surface area contributed by atoms with Crippen molar-refractivity contribution in [2.24, 2.45) is 0 Å². The summed E-state index contributed by atoms with van der Waals surface area (Å²) in [5, 5.41) is 10.2. The normalized spacial score (nSPS) is 19.9. The first-order valence-electron chi connectivity index (χ1n) is 11.4. The Morgan fingerprint density at radius 2 is 1.77 bits per heavy atom. The molecule has 0 radical (unpaired) electrons. The van der Waals surface area contributed by atoms with Gasteiger partial charge in [0.25, 0.3) is 0 Å². The first-order valence-corrected chi connectivity index (χ1v) is 12.4. The molecule has 7 heteroatoms. The number of benzene rings is 1. The van der Waals surface area contributed by atoms with Gasteiger partial charge in [-0.1, -0.05) is 44.7 Å². The molecule has 1 aromatic heterocycles. The highest BCUT2D eigenvalue weighted by Gasteiger charge is 2.25. The third-order valence-corrected chi connectivity index (χ3v) is 7.30. The van der Waals surface area contributed by atoms with E-state index in [9.17, 15) is 0 Å². The second kappa shape index (κ2) is 9.51. The fourth-order valence-electron chi connectivity index (χ4n) is 4.33. The number of morpholine rings is 1. The Hall–Kier alpha value is -1.57. The van der Waals surface area contributed by atoms with Crippen LogP contribution in [0.25, 0.3) is 0 Å². The lowest BCUT2D eigenvalue weighted by molar-refractivity contribution is 0.0942. The van der Waals surface area contributed by atoms with Gasteiger partial charge < -0.3 is 14.4 Å². The van der Waals surface area contributed by atoms with Crippen molar-refractivity contribution >= 4 is 17.7 Å². The zero-order valence-electron chi connectivity index (χ0n) is 19.6. The summed E-state index contributed by atoms with van der Waals surface area (Å²) < 4.78 is 13.8. The highest BCUT2D eigenvalue weighted by Crippen LogP contribution is 2.32. The highest BCUT2D eigenvalue weighted by molar-refractivity contribution is 7.98. The van der Waals surface area contributed by atoms with Crippen LogP contribution in [-0.2, 0) is 27.2 Å². The number of anilines is 1. The van der Waals surface area contributed by atoms with Crippen LogP contribution in [0.3, 0.4) is 0 Å². The number of aromatic nitrogens is 3. The zero-order valence-corrected chi connectivity index (χ0v) is 20.4. The Morgan fingerprint density at radius 3 is 2.39 bits per heavy atom. The Balaban J connectivity index is 1.56. The Labute approximate surface area is 190 Å². The van der Waals surface area contributed by atoms with Crippen LogP contribution >= 0.6 is 11.8 Å². The van der Waals surface area contributed by atoms with Gasteiger partial charge in [-0.2, -0.15) is 0 Å². The third kappa shape index (κ3) is 5.26. The topological polar surface area (TPSA) is 52.4 Å². The average molecular weight is 445 g/mol. The number of hydrogen-bond donors (Lipinski definition) is 0. The lowest BCUT2D eigenvalue weighted by atomic mass is 9.84. The summed E-state index contributed by atoms with van der Waals surface area (Å²) in [4.78, 5) is 2.30. The number of thioether (sulfide) groups is 1. The van der Waals surface area contributed by atoms with Crippen molar-refractivity contribution in [3.05, 3.63) is 34.4 Å². The van der Waals surface area contributed by atoms with Crippen LogP contribution in [0.4, 0.5) is 5.95 Å². The Morgan fingerprint density at radius 1 is 1.06 bits per heavy atom. The molecule has 2 saturated heterocycles. The molecule has 1 atom stereocenters. The van der Waals surface area contributed by atoms with Gasteiger partial charge in [0.05, 0.1) is 25.9 Å². The van der Waals surface area contributed by atoms with Crippen molar-refractivity contribution in [3.63, 3.8) is 0 Å². The second-order valence-corrected chi connectivity index (χ2v) is 10.7. The maximum absolute atomic E-state index is 5.94. The summed E-state index contributed by atoms with van der Waals surface area (Å²) in [7, 11) is 0. The van der Waals surface area contributed by atoms with Crippen LogP contribution in [0.15, 0.2) is 17.3 Å². The lowest BCUT2D eigenvalue weighted by Crippen LogP contribution is -2.38. The van der Waals surface area contributed by atoms with Gasteiger partial charge in [-0.25, -0.2) is 0 Å². The molecular weight excluding hydrogens is 408 g/mol. The molecule has 2 aliphatic rings. The van der Waals surface area contributed by atoms with Crippen LogP contribution in [0.2, 0.25) is 0 Å². The standard InChI is InChI=1S/C24H36N4O2S/c1-17-13-19(24(3,4)5)14-18(2)21(17)16-31-23-26-25-22(27-8-11-29-12-9-27)28(23)15-20-7-6-10-30-20/h13-14,20H,6-12,15-16H2,1-5H3. The molecule has 4 rings (SSSR count). The fourth-order valence-corrected chi connectivity index (χ4v) is 5.47. The van der Waals surface area contributed by atoms with Gasteiger partial charge in [0.2, 0.25) is 5.95 Å². The zero-order chi connectivity index (χ0) is 22.0. The van der Waals surface area contributed by atoms with E-state index in [4.69, 9.17) is 9.47 Å². The summed E-state index contributed by atoms with van der Waals surface area (Å²) in [5.41, 5.74) is 5.67. The van der Waals surface area contributed by atoms with E-state index in [-0.39, 0.29) is 11.5 Å². The highest BCUT2D eigenvalue weighted by atomic mass is 32.2. The molecule has 0 bridgehead atoms. The number of aryl methyl sites for hydroxylation is 2. The molecule has 2 fully saturated rings. The maximum atomic E-state index is 5.94. The number of hydrogen-bond acceptors (Lipinski definition) is 6. The van der Waals surface area contributed by atoms with Gasteiger partial charge in [-0.05, 0) is 54.4 Å². The summed E-state index contributed by atoms with van der Waals surface area (Å²) in [6.07, 6.45) is 2.50. The first kappa shape index (κ1) is 22.6. The SMILES string of the molecule is Cc1cc(C(C)(C)C)cc(C)c1CSc1nnc(N2CCOCC2)n1CC1CCCO1. The van der Waals surface area contributed by atoms with E-state index >= 15 is 0 Å². The van der Waals surface area contributed by atoms with Gasteiger partial charge in [0.1, 0.15) is 0 Å². The first-order chi connectivity index (χ1) is 14.8. The van der Waals surface area contributed by atoms with Gasteiger partial charge in [-0.3, -0.25) is 4.57 Å². The van der Waals surface area contributed by atoms with Crippen molar-refractivity contribution in [1.29, 1.82) is 0 Å². The van der Waals surface area contributed by atoms with Gasteiger partial charge in [-0.15, -0.1) is 10.2 Å². The monoisotopic (exact) mass is 444 g/mol. The van der Waals surface area contributed by atoms with E-state index in [2.05, 4.69) is 66.4 Å². The lowest BCUT2D eigenvalue weighted by Gasteiger charge is -2.28. The summed E-state index contributed by atoms with van der Waals surface area (Å²) in [6, 6.07) is 4.69. The summed E-state index contributed by atoms with van der Waals surface area (Å²) >= 11 is 1.79. The van der Waals surface area contributed by atoms with Gasteiger partial charge in [0.15, 0.2) is 5.16 Å².